The summed E-state index contributed by atoms with van der Waals surface area (Å²) >= 11 is 0. The monoisotopic (exact) mass is 1860 g/mol. The maximum absolute atomic E-state index is 14.4. The Balaban J connectivity index is 0.000000106. The quantitative estimate of drug-likeness (QED) is 0.0900. The maximum Gasteiger partial charge on any atom is 0.170 e. The van der Waals surface area contributed by atoms with E-state index in [0.29, 0.717) is 97.2 Å². The highest BCUT2D eigenvalue weighted by molar-refractivity contribution is 5.93. The molecule has 6 aliphatic rings. The molecule has 0 radical (unpaired) electrons. The van der Waals surface area contributed by atoms with E-state index in [0.717, 1.165) is 166 Å². The molecule has 6 unspecified atom stereocenters. The van der Waals surface area contributed by atoms with Crippen LogP contribution in [0.5, 0.6) is 0 Å². The molecule has 0 bridgehead atoms. The molecular formula is C104H98F2N20O12. The smallest absolute Gasteiger partial charge is 0.170 e. The summed E-state index contributed by atoms with van der Waals surface area (Å²) in [6, 6.07) is 35.0. The predicted octanol–water partition coefficient (Wildman–Crippen LogP) is 14.3. The van der Waals surface area contributed by atoms with Crippen molar-refractivity contribution in [2.24, 2.45) is 42.3 Å². The van der Waals surface area contributed by atoms with Crippen molar-refractivity contribution in [3.63, 3.8) is 0 Å². The van der Waals surface area contributed by atoms with Gasteiger partial charge >= 0.3 is 0 Å². The minimum absolute atomic E-state index is 0.222. The molecule has 0 fully saturated rings. The Morgan fingerprint density at radius 2 is 0.558 bits per heavy atom. The van der Waals surface area contributed by atoms with Crippen LogP contribution in [-0.4, -0.2) is 159 Å². The van der Waals surface area contributed by atoms with Crippen LogP contribution in [0.2, 0.25) is 0 Å². The molecule has 0 saturated heterocycles. The second-order valence-electron chi connectivity index (χ2n) is 36.9. The van der Waals surface area contributed by atoms with Gasteiger partial charge in [0.25, 0.3) is 0 Å². The van der Waals surface area contributed by atoms with Crippen molar-refractivity contribution >= 4 is 65.4 Å². The largest absolute Gasteiger partial charge is 0.383 e. The zero-order chi connectivity index (χ0) is 96.8. The van der Waals surface area contributed by atoms with Crippen LogP contribution in [0.25, 0.3) is 132 Å². The molecule has 6 N–H and O–H groups in total. The van der Waals surface area contributed by atoms with Gasteiger partial charge in [-0.25, -0.2) is 8.78 Å². The molecule has 34 heteroatoms. The zero-order valence-corrected chi connectivity index (χ0v) is 77.8. The van der Waals surface area contributed by atoms with Gasteiger partial charge in [-0.2, -0.15) is 41.1 Å². The van der Waals surface area contributed by atoms with E-state index in [-0.39, 0.29) is 38.1 Å². The Morgan fingerprint density at radius 3 is 0.906 bits per heavy atom. The van der Waals surface area contributed by atoms with Crippen molar-refractivity contribution in [1.82, 2.24) is 88.6 Å². The molecule has 700 valence electrons. The normalized spacial score (nSPS) is 20.5. The lowest BCUT2D eigenvalue weighted by Crippen LogP contribution is -2.34. The first-order valence-corrected chi connectivity index (χ1v) is 44.6. The molecule has 18 heterocycles. The first-order valence-electron chi connectivity index (χ1n) is 44.6. The first-order chi connectivity index (χ1) is 66.1. The summed E-state index contributed by atoms with van der Waals surface area (Å²) < 4.78 is 72.2. The number of ether oxygens (including phenoxy) is 6. The standard InChI is InChI=1S/2C18H16N4O2.2C17H16FN3O2.2C17H17N3O2/c2*1-18(23)10-24-9-14-13(7-20-8-15(14)18)11-3-4-12-16(6-19)21-22(2)17(12)5-11;2*1-17(22)9-23-8-13-11(5-19-7-14(13)17)10-3-15(18)12-6-20-21(2)16(12)4-10;2*1-17(21)10-22-9-13-6-18-8-14(16(13)17)11-3-4-12-7-19-20(2)15(12)5-11/h2*3-5,7-8,23H,9-10H2,1-2H3;2*3-7,22H,8-9H2,1-2H3;2*3-8,21H,9-10H2,1-2H3. The predicted molar refractivity (Wildman–Crippen MR) is 508 cm³/mol. The van der Waals surface area contributed by atoms with Gasteiger partial charge < -0.3 is 59.1 Å². The van der Waals surface area contributed by atoms with E-state index in [1.807, 2.05) is 135 Å². The number of aryl methyl sites for hydroxylation is 6. The highest BCUT2D eigenvalue weighted by Crippen LogP contribution is 2.46. The van der Waals surface area contributed by atoms with Crippen LogP contribution in [0.4, 0.5) is 8.78 Å². The molecule has 24 rings (SSSR count). The van der Waals surface area contributed by atoms with E-state index in [2.05, 4.69) is 84.8 Å². The molecular weight excluding hydrogens is 1760 g/mol. The first kappa shape index (κ1) is 92.5. The molecule has 0 aliphatic carbocycles. The molecule has 6 atom stereocenters. The topological polar surface area (TPSA) is 409 Å². The molecule has 0 amide bonds. The molecule has 12 aromatic heterocycles. The highest BCUT2D eigenvalue weighted by Gasteiger charge is 2.40. The third-order valence-electron chi connectivity index (χ3n) is 26.4. The van der Waals surface area contributed by atoms with Crippen molar-refractivity contribution in [3.05, 3.63) is 286 Å². The van der Waals surface area contributed by atoms with Gasteiger partial charge in [0.15, 0.2) is 11.4 Å². The van der Waals surface area contributed by atoms with Crippen LogP contribution in [0.3, 0.4) is 0 Å². The van der Waals surface area contributed by atoms with Crippen molar-refractivity contribution < 1.29 is 67.8 Å². The molecule has 32 nitrogen and oxygen atoms in total. The summed E-state index contributed by atoms with van der Waals surface area (Å²) in [4.78, 5) is 25.7. The minimum Gasteiger partial charge on any atom is -0.383 e. The van der Waals surface area contributed by atoms with E-state index >= 15 is 0 Å². The SMILES string of the molecule is Cn1nc(C#N)c2ccc(-c3cncc4c3COCC4(C)O)cc21.Cn1nc(C#N)c2ccc(-c3cncc4c3COCC4(C)O)cc21.Cn1ncc2c(F)cc(-c3cncc4c3COCC4(C)O)cc21.Cn1ncc2c(F)cc(-c3cncc4c3COCC4(C)O)cc21.Cn1ncc2ccc(-c3cncc4c3C(C)(O)COC4)cc21.Cn1ncc2ccc(-c3cncc4c3C(C)(O)COC4)cc21. The molecule has 0 saturated carbocycles. The van der Waals surface area contributed by atoms with Gasteiger partial charge in [0, 0.05) is 216 Å². The Morgan fingerprint density at radius 1 is 0.290 bits per heavy atom. The molecule has 0 spiro atoms. The Labute approximate surface area is 789 Å². The van der Waals surface area contributed by atoms with Crippen LogP contribution in [0, 0.1) is 34.3 Å². The van der Waals surface area contributed by atoms with Crippen LogP contribution in [0.1, 0.15) is 120 Å². The summed E-state index contributed by atoms with van der Waals surface area (Å²) in [6.45, 7) is 14.6. The fourth-order valence-electron chi connectivity index (χ4n) is 19.3. The minimum atomic E-state index is -1.09. The number of benzene rings is 6. The Bertz CT molecular complexity index is 7490. The number of aromatic nitrogens is 18. The molecule has 138 heavy (non-hydrogen) atoms. The summed E-state index contributed by atoms with van der Waals surface area (Å²) in [5.74, 6) is -0.654. The lowest BCUT2D eigenvalue weighted by atomic mass is 9.85. The van der Waals surface area contributed by atoms with Gasteiger partial charge in [-0.05, 0) is 158 Å². The summed E-state index contributed by atoms with van der Waals surface area (Å²) in [7, 11) is 11.0. The lowest BCUT2D eigenvalue weighted by Gasteiger charge is -2.32. The van der Waals surface area contributed by atoms with E-state index in [1.165, 1.54) is 24.5 Å². The number of hydrogen-bond acceptors (Lipinski definition) is 26. The second kappa shape index (κ2) is 36.1. The maximum atomic E-state index is 14.4. The van der Waals surface area contributed by atoms with E-state index < -0.39 is 33.6 Å². The van der Waals surface area contributed by atoms with Crippen molar-refractivity contribution in [1.29, 1.82) is 10.5 Å². The highest BCUT2D eigenvalue weighted by atomic mass is 19.1. The van der Waals surface area contributed by atoms with Crippen LogP contribution in [0.15, 0.2) is 196 Å². The number of nitriles is 2. The number of hydrogen-bond donors (Lipinski definition) is 6. The third-order valence-corrected chi connectivity index (χ3v) is 26.4. The van der Waals surface area contributed by atoms with Crippen LogP contribution in [-0.2, 0) is 144 Å². The van der Waals surface area contributed by atoms with Gasteiger partial charge in [-0.15, -0.1) is 0 Å². The molecule has 6 aromatic carbocycles. The molecule has 6 aliphatic heterocycles. The number of aliphatic hydroxyl groups is 6. The van der Waals surface area contributed by atoms with Crippen LogP contribution < -0.4 is 0 Å². The zero-order valence-electron chi connectivity index (χ0n) is 77.8. The van der Waals surface area contributed by atoms with Crippen molar-refractivity contribution in [2.45, 2.75) is 115 Å². The van der Waals surface area contributed by atoms with Gasteiger partial charge in [0.1, 0.15) is 57.4 Å². The van der Waals surface area contributed by atoms with Gasteiger partial charge in [0.2, 0.25) is 0 Å². The average molecular weight is 1860 g/mol. The fraction of sp³-hybridized carbons (Fsp3) is 0.288. The fourth-order valence-corrected chi connectivity index (χ4v) is 19.3. The second-order valence-corrected chi connectivity index (χ2v) is 36.9. The number of pyridine rings is 6. The Kier molecular flexibility index (Phi) is 24.2. The van der Waals surface area contributed by atoms with Gasteiger partial charge in [-0.1, -0.05) is 36.4 Å². The number of rotatable bonds is 6. The molecule has 18 aromatic rings. The average Bonchev–Trinajstić information content (AvgIpc) is 1.13. The van der Waals surface area contributed by atoms with E-state index in [9.17, 15) is 49.9 Å². The van der Waals surface area contributed by atoms with Gasteiger partial charge in [0.05, 0.1) is 148 Å². The van der Waals surface area contributed by atoms with Crippen molar-refractivity contribution in [3.8, 4) is 78.9 Å². The van der Waals surface area contributed by atoms with Crippen LogP contribution >= 0.6 is 0 Å². The number of fused-ring (bicyclic) bond motifs is 12. The number of halogens is 2. The summed E-state index contributed by atoms with van der Waals surface area (Å²) in [5, 5.41) is 112. The summed E-state index contributed by atoms with van der Waals surface area (Å²) in [5.41, 5.74) is 20.9. The lowest BCUT2D eigenvalue weighted by molar-refractivity contribution is -0.0604. The number of nitrogens with zero attached hydrogens (tertiary/aromatic N) is 20. The van der Waals surface area contributed by atoms with E-state index in [4.69, 9.17) is 28.4 Å². The Hall–Kier alpha value is -14.6. The van der Waals surface area contributed by atoms with E-state index in [1.54, 1.807) is 136 Å². The van der Waals surface area contributed by atoms with Crippen molar-refractivity contribution in [2.75, 3.05) is 39.6 Å². The summed E-state index contributed by atoms with van der Waals surface area (Å²) in [6.07, 6.45) is 27.6. The third kappa shape index (κ3) is 17.3. The van der Waals surface area contributed by atoms with Gasteiger partial charge in [-0.3, -0.25) is 58.0 Å².